The number of hydrogen-bond acceptors (Lipinski definition) is 6. The number of amides is 2. The number of carbonyl (C=O) groups is 3. The van der Waals surface area contributed by atoms with Gasteiger partial charge >= 0.3 is 5.97 Å². The molecule has 1 aliphatic rings. The third-order valence-corrected chi connectivity index (χ3v) is 8.43. The third kappa shape index (κ3) is 6.60. The highest BCUT2D eigenvalue weighted by Gasteiger charge is 2.32. The van der Waals surface area contributed by atoms with Gasteiger partial charge in [0, 0.05) is 16.6 Å². The number of pyridine rings is 1. The number of nitrogens with zero attached hydrogens (tertiary/aromatic N) is 3. The number of anilines is 2. The van der Waals surface area contributed by atoms with Crippen LogP contribution in [-0.2, 0) is 9.59 Å². The van der Waals surface area contributed by atoms with Crippen molar-refractivity contribution in [3.63, 3.8) is 0 Å². The molecule has 0 saturated heterocycles. The van der Waals surface area contributed by atoms with Crippen LogP contribution in [0.1, 0.15) is 41.3 Å². The van der Waals surface area contributed by atoms with Crippen LogP contribution in [0.2, 0.25) is 0 Å². The molecule has 0 fully saturated rings. The van der Waals surface area contributed by atoms with E-state index in [1.54, 1.807) is 54.6 Å². The second-order valence-electron chi connectivity index (χ2n) is 11.0. The molecule has 0 aliphatic carbocycles. The van der Waals surface area contributed by atoms with E-state index in [-0.39, 0.29) is 23.1 Å². The van der Waals surface area contributed by atoms with Crippen LogP contribution in [0.15, 0.2) is 120 Å². The Hall–Kier alpha value is -5.54. The summed E-state index contributed by atoms with van der Waals surface area (Å²) in [5.41, 5.74) is 5.63. The van der Waals surface area contributed by atoms with E-state index >= 15 is 0 Å². The number of benzene rings is 4. The minimum atomic E-state index is -1.02. The smallest absolute Gasteiger partial charge is 0.336 e. The zero-order valence-electron chi connectivity index (χ0n) is 25.2. The highest BCUT2D eigenvalue weighted by molar-refractivity contribution is 8.14. The molecule has 5 aromatic rings. The number of thioether (sulfide) groups is 1. The minimum absolute atomic E-state index is 0.0295. The number of para-hydroxylation sites is 2. The molecule has 0 spiro atoms. The SMILES string of the molecule is CC(C)c1ccc(/C=C2\N=C(SCC(=O)Nc3ccc(-c4cc(C(=O)O)c5ccccc5n4)cc3)N(c3ccccc3)C2=O)cc1. The summed E-state index contributed by atoms with van der Waals surface area (Å²) in [5, 5.41) is 13.6. The van der Waals surface area contributed by atoms with E-state index < -0.39 is 5.97 Å². The molecule has 2 amide bonds. The number of aromatic carboxylic acids is 1. The molecule has 9 heteroatoms. The van der Waals surface area contributed by atoms with E-state index in [1.807, 2.05) is 60.7 Å². The summed E-state index contributed by atoms with van der Waals surface area (Å²) in [6, 6.07) is 33.0. The van der Waals surface area contributed by atoms with Gasteiger partial charge in [0.1, 0.15) is 5.70 Å². The van der Waals surface area contributed by atoms with Crippen molar-refractivity contribution in [2.75, 3.05) is 16.0 Å². The first kappa shape index (κ1) is 30.5. The van der Waals surface area contributed by atoms with Gasteiger partial charge in [0.25, 0.3) is 5.91 Å². The van der Waals surface area contributed by atoms with Gasteiger partial charge in [-0.1, -0.05) is 98.4 Å². The Labute approximate surface area is 270 Å². The van der Waals surface area contributed by atoms with Crippen molar-refractivity contribution in [3.05, 3.63) is 132 Å². The average Bonchev–Trinajstić information content (AvgIpc) is 3.38. The molecule has 0 saturated carbocycles. The summed E-state index contributed by atoms with van der Waals surface area (Å²) >= 11 is 1.18. The second-order valence-corrected chi connectivity index (χ2v) is 12.0. The molecule has 228 valence electrons. The minimum Gasteiger partial charge on any atom is -0.478 e. The fourth-order valence-corrected chi connectivity index (χ4v) is 5.90. The van der Waals surface area contributed by atoms with Crippen molar-refractivity contribution < 1.29 is 19.5 Å². The lowest BCUT2D eigenvalue weighted by Crippen LogP contribution is -2.31. The molecule has 1 aliphatic heterocycles. The second kappa shape index (κ2) is 13.2. The highest BCUT2D eigenvalue weighted by atomic mass is 32.2. The van der Waals surface area contributed by atoms with E-state index in [2.05, 4.69) is 29.1 Å². The van der Waals surface area contributed by atoms with Crippen molar-refractivity contribution >= 4 is 63.1 Å². The number of carbonyl (C=O) groups excluding carboxylic acids is 2. The van der Waals surface area contributed by atoms with Gasteiger partial charge in [-0.15, -0.1) is 0 Å². The van der Waals surface area contributed by atoms with Crippen LogP contribution in [0.5, 0.6) is 0 Å². The number of carboxylic acid groups (broad SMARTS) is 1. The lowest BCUT2D eigenvalue weighted by atomic mass is 10.0. The normalized spacial score (nSPS) is 13.8. The van der Waals surface area contributed by atoms with E-state index in [1.165, 1.54) is 22.2 Å². The fourth-order valence-electron chi connectivity index (χ4n) is 5.08. The quantitative estimate of drug-likeness (QED) is 0.170. The number of carboxylic acids is 1. The van der Waals surface area contributed by atoms with Gasteiger partial charge in [-0.05, 0) is 59.5 Å². The van der Waals surface area contributed by atoms with Gasteiger partial charge in [-0.2, -0.15) is 0 Å². The molecular formula is C37H30N4O4S. The summed E-state index contributed by atoms with van der Waals surface area (Å²) in [6.45, 7) is 4.26. The van der Waals surface area contributed by atoms with Gasteiger partial charge in [-0.3, -0.25) is 14.5 Å². The molecule has 6 rings (SSSR count). The molecule has 8 nitrogen and oxygen atoms in total. The standard InChI is InChI=1S/C37H30N4O4S/c1-23(2)25-14-12-24(13-15-25)20-33-35(43)41(28-8-4-3-5-9-28)37(40-33)46-22-34(42)38-27-18-16-26(17-19-27)32-21-30(36(44)45)29-10-6-7-11-31(29)39-32/h3-21,23H,22H2,1-2H3,(H,38,42)(H,44,45)/b33-20-. The van der Waals surface area contributed by atoms with Crippen molar-refractivity contribution in [3.8, 4) is 11.3 Å². The number of hydrogen-bond donors (Lipinski definition) is 2. The van der Waals surface area contributed by atoms with Crippen LogP contribution < -0.4 is 10.2 Å². The number of fused-ring (bicyclic) bond motifs is 1. The summed E-state index contributed by atoms with van der Waals surface area (Å²) in [6.07, 6.45) is 1.77. The fraction of sp³-hybridized carbons (Fsp3) is 0.108. The first-order chi connectivity index (χ1) is 22.3. The van der Waals surface area contributed by atoms with Gasteiger partial charge in [0.05, 0.1) is 28.2 Å². The molecule has 0 unspecified atom stereocenters. The maximum atomic E-state index is 13.5. The maximum absolute atomic E-state index is 13.5. The topological polar surface area (TPSA) is 112 Å². The molecule has 1 aromatic heterocycles. The van der Waals surface area contributed by atoms with Crippen LogP contribution in [0.4, 0.5) is 11.4 Å². The van der Waals surface area contributed by atoms with Gasteiger partial charge < -0.3 is 10.4 Å². The Balaban J connectivity index is 1.17. The zero-order chi connectivity index (χ0) is 32.2. The molecule has 2 heterocycles. The Kier molecular flexibility index (Phi) is 8.76. The molecule has 0 bridgehead atoms. The van der Waals surface area contributed by atoms with Gasteiger partial charge in [0.2, 0.25) is 5.91 Å². The molecule has 0 radical (unpaired) electrons. The summed E-state index contributed by atoms with van der Waals surface area (Å²) in [7, 11) is 0. The number of rotatable bonds is 8. The monoisotopic (exact) mass is 626 g/mol. The summed E-state index contributed by atoms with van der Waals surface area (Å²) in [5.74, 6) is -1.11. The Morgan fingerprint density at radius 2 is 1.61 bits per heavy atom. The molecular weight excluding hydrogens is 596 g/mol. The molecule has 2 N–H and O–H groups in total. The van der Waals surface area contributed by atoms with E-state index in [0.717, 1.165) is 11.1 Å². The zero-order valence-corrected chi connectivity index (χ0v) is 26.0. The first-order valence-electron chi connectivity index (χ1n) is 14.7. The predicted molar refractivity (Wildman–Crippen MR) is 185 cm³/mol. The van der Waals surface area contributed by atoms with E-state index in [9.17, 15) is 19.5 Å². The van der Waals surface area contributed by atoms with E-state index in [0.29, 0.717) is 44.8 Å². The Morgan fingerprint density at radius 1 is 0.913 bits per heavy atom. The molecule has 4 aromatic carbocycles. The van der Waals surface area contributed by atoms with E-state index in [4.69, 9.17) is 0 Å². The number of amidine groups is 1. The largest absolute Gasteiger partial charge is 0.478 e. The average molecular weight is 627 g/mol. The number of aromatic nitrogens is 1. The van der Waals surface area contributed by atoms with Crippen LogP contribution >= 0.6 is 11.8 Å². The van der Waals surface area contributed by atoms with Crippen molar-refractivity contribution in [1.29, 1.82) is 0 Å². The van der Waals surface area contributed by atoms with Crippen molar-refractivity contribution in [2.45, 2.75) is 19.8 Å². The van der Waals surface area contributed by atoms with Crippen LogP contribution in [0.3, 0.4) is 0 Å². The van der Waals surface area contributed by atoms with Gasteiger partial charge in [0.15, 0.2) is 5.17 Å². The summed E-state index contributed by atoms with van der Waals surface area (Å²) in [4.78, 5) is 49.2. The number of nitrogens with one attached hydrogen (secondary N) is 1. The predicted octanol–water partition coefficient (Wildman–Crippen LogP) is 7.84. The van der Waals surface area contributed by atoms with Crippen LogP contribution in [-0.4, -0.2) is 38.8 Å². The Morgan fingerprint density at radius 3 is 2.30 bits per heavy atom. The third-order valence-electron chi connectivity index (χ3n) is 7.49. The lowest BCUT2D eigenvalue weighted by molar-refractivity contribution is -0.114. The van der Waals surface area contributed by atoms with Crippen LogP contribution in [0, 0.1) is 0 Å². The first-order valence-corrected chi connectivity index (χ1v) is 15.7. The number of aliphatic imine (C=N–C) groups is 1. The summed E-state index contributed by atoms with van der Waals surface area (Å²) < 4.78 is 0. The lowest BCUT2D eigenvalue weighted by Gasteiger charge is -2.17. The Bertz CT molecular complexity index is 2000. The molecule has 0 atom stereocenters. The van der Waals surface area contributed by atoms with Crippen LogP contribution in [0.25, 0.3) is 28.2 Å². The molecule has 46 heavy (non-hydrogen) atoms. The van der Waals surface area contributed by atoms with Gasteiger partial charge in [-0.25, -0.2) is 14.8 Å². The maximum Gasteiger partial charge on any atom is 0.336 e. The van der Waals surface area contributed by atoms with Crippen molar-refractivity contribution in [1.82, 2.24) is 4.98 Å². The highest BCUT2D eigenvalue weighted by Crippen LogP contribution is 2.30. The van der Waals surface area contributed by atoms with Crippen molar-refractivity contribution in [2.24, 2.45) is 4.99 Å².